The molecule has 0 unspecified atom stereocenters. The van der Waals surface area contributed by atoms with Gasteiger partial charge in [0.1, 0.15) is 12.4 Å². The number of H-pyrrole nitrogens is 1. The second-order valence-corrected chi connectivity index (χ2v) is 6.68. The van der Waals surface area contributed by atoms with Crippen LogP contribution in [0.3, 0.4) is 0 Å². The number of aromatic nitrogens is 3. The van der Waals surface area contributed by atoms with Crippen molar-refractivity contribution in [2.24, 2.45) is 0 Å². The minimum atomic E-state index is -0.636. The summed E-state index contributed by atoms with van der Waals surface area (Å²) in [6, 6.07) is 17.3. The summed E-state index contributed by atoms with van der Waals surface area (Å²) in [6.45, 7) is 0.209. The Kier molecular flexibility index (Phi) is 4.90. The lowest BCUT2D eigenvalue weighted by atomic mass is 10.2. The van der Waals surface area contributed by atoms with Gasteiger partial charge in [-0.05, 0) is 18.2 Å². The van der Waals surface area contributed by atoms with Gasteiger partial charge in [-0.2, -0.15) is 0 Å². The average molecular weight is 367 g/mol. The zero-order valence-electron chi connectivity index (χ0n) is 13.8. The van der Waals surface area contributed by atoms with Gasteiger partial charge in [-0.15, -0.1) is 10.2 Å². The van der Waals surface area contributed by atoms with Gasteiger partial charge in [0.05, 0.1) is 11.7 Å². The summed E-state index contributed by atoms with van der Waals surface area (Å²) in [4.78, 5) is 3.19. The van der Waals surface area contributed by atoms with Crippen LogP contribution in [0.1, 0.15) is 0 Å². The summed E-state index contributed by atoms with van der Waals surface area (Å²) < 4.78 is 11.3. The van der Waals surface area contributed by atoms with E-state index in [2.05, 4.69) is 15.2 Å². The number of fused-ring (bicyclic) bond motifs is 1. The molecule has 2 N–H and O–H groups in total. The van der Waals surface area contributed by atoms with Gasteiger partial charge in [-0.1, -0.05) is 48.2 Å². The summed E-state index contributed by atoms with van der Waals surface area (Å²) in [5, 5.41) is 19.7. The maximum Gasteiger partial charge on any atom is 0.276 e. The number of nitrogens with zero attached hydrogens (tertiary/aromatic N) is 2. The van der Waals surface area contributed by atoms with E-state index in [0.717, 1.165) is 22.2 Å². The van der Waals surface area contributed by atoms with Gasteiger partial charge < -0.3 is 19.2 Å². The molecule has 2 aromatic heterocycles. The summed E-state index contributed by atoms with van der Waals surface area (Å²) in [5.41, 5.74) is 1.89. The normalized spacial score (nSPS) is 12.3. The van der Waals surface area contributed by atoms with Crippen LogP contribution < -0.4 is 4.74 Å². The first-order valence-corrected chi connectivity index (χ1v) is 9.17. The Morgan fingerprint density at radius 3 is 2.77 bits per heavy atom. The highest BCUT2D eigenvalue weighted by atomic mass is 32.2. The molecule has 0 amide bonds. The molecule has 0 radical (unpaired) electrons. The van der Waals surface area contributed by atoms with Crippen molar-refractivity contribution in [3.05, 3.63) is 60.8 Å². The molecule has 7 heteroatoms. The first-order chi connectivity index (χ1) is 12.8. The molecule has 132 valence electrons. The van der Waals surface area contributed by atoms with Gasteiger partial charge >= 0.3 is 0 Å². The number of benzene rings is 2. The number of rotatable bonds is 7. The van der Waals surface area contributed by atoms with Gasteiger partial charge in [0.15, 0.2) is 0 Å². The first-order valence-electron chi connectivity index (χ1n) is 8.18. The number of nitrogens with one attached hydrogen (secondary N) is 1. The summed E-state index contributed by atoms with van der Waals surface area (Å²) in [7, 11) is 0. The van der Waals surface area contributed by atoms with Crippen LogP contribution in [0.5, 0.6) is 5.75 Å². The largest absolute Gasteiger partial charge is 0.491 e. The monoisotopic (exact) mass is 367 g/mol. The van der Waals surface area contributed by atoms with Gasteiger partial charge in [0.2, 0.25) is 0 Å². The van der Waals surface area contributed by atoms with Crippen molar-refractivity contribution < 1.29 is 14.3 Å². The third-order valence-corrected chi connectivity index (χ3v) is 4.77. The van der Waals surface area contributed by atoms with E-state index in [1.54, 1.807) is 0 Å². The van der Waals surface area contributed by atoms with Gasteiger partial charge in [0, 0.05) is 22.9 Å². The molecular weight excluding hydrogens is 350 g/mol. The van der Waals surface area contributed by atoms with Crippen LogP contribution in [-0.4, -0.2) is 38.8 Å². The van der Waals surface area contributed by atoms with E-state index >= 15 is 0 Å². The van der Waals surface area contributed by atoms with Crippen LogP contribution in [-0.2, 0) is 0 Å². The van der Waals surface area contributed by atoms with Crippen LogP contribution in [0.25, 0.3) is 22.4 Å². The Morgan fingerprint density at radius 2 is 1.88 bits per heavy atom. The van der Waals surface area contributed by atoms with Crippen LogP contribution in [0.2, 0.25) is 0 Å². The van der Waals surface area contributed by atoms with E-state index < -0.39 is 6.10 Å². The van der Waals surface area contributed by atoms with Crippen molar-refractivity contribution in [1.82, 2.24) is 15.2 Å². The quantitative estimate of drug-likeness (QED) is 0.484. The van der Waals surface area contributed by atoms with Crippen molar-refractivity contribution in [3.8, 4) is 17.2 Å². The van der Waals surface area contributed by atoms with E-state index in [4.69, 9.17) is 9.15 Å². The van der Waals surface area contributed by atoms with E-state index in [1.807, 2.05) is 60.8 Å². The molecule has 2 heterocycles. The predicted molar refractivity (Wildman–Crippen MR) is 100 cm³/mol. The molecule has 0 saturated heterocycles. The number of hydrogen-bond donors (Lipinski definition) is 2. The number of thioether (sulfide) groups is 1. The van der Waals surface area contributed by atoms with E-state index in [-0.39, 0.29) is 6.61 Å². The van der Waals surface area contributed by atoms with Gasteiger partial charge in [0.25, 0.3) is 11.1 Å². The Hall–Kier alpha value is -2.77. The Bertz CT molecular complexity index is 984. The summed E-state index contributed by atoms with van der Waals surface area (Å²) >= 11 is 1.31. The molecular formula is C19H17N3O3S. The molecule has 0 bridgehead atoms. The SMILES string of the molecule is O[C@@H](COc1ccccc1)CSc1nnc(-c2c[nH]c3ccccc23)o1. The number of aliphatic hydroxyl groups is 1. The minimum Gasteiger partial charge on any atom is -0.491 e. The molecule has 2 aromatic carbocycles. The van der Waals surface area contributed by atoms with Crippen LogP contribution in [0.4, 0.5) is 0 Å². The lowest BCUT2D eigenvalue weighted by molar-refractivity contribution is 0.126. The number of ether oxygens (including phenoxy) is 1. The Balaban J connectivity index is 1.35. The molecule has 26 heavy (non-hydrogen) atoms. The van der Waals surface area contributed by atoms with Crippen LogP contribution in [0, 0.1) is 0 Å². The van der Waals surface area contributed by atoms with Crippen molar-refractivity contribution >= 4 is 22.7 Å². The third kappa shape index (κ3) is 3.74. The van der Waals surface area contributed by atoms with Crippen molar-refractivity contribution in [2.75, 3.05) is 12.4 Å². The second kappa shape index (κ2) is 7.63. The fourth-order valence-corrected chi connectivity index (χ4v) is 3.22. The second-order valence-electron chi connectivity index (χ2n) is 5.71. The number of aromatic amines is 1. The number of aliphatic hydroxyl groups excluding tert-OH is 1. The van der Waals surface area contributed by atoms with Crippen LogP contribution in [0.15, 0.2) is 70.4 Å². The average Bonchev–Trinajstić information content (AvgIpc) is 3.32. The smallest absolute Gasteiger partial charge is 0.276 e. The topological polar surface area (TPSA) is 84.2 Å². The minimum absolute atomic E-state index is 0.209. The van der Waals surface area contributed by atoms with Crippen molar-refractivity contribution in [2.45, 2.75) is 11.3 Å². The third-order valence-electron chi connectivity index (χ3n) is 3.81. The molecule has 0 aliphatic carbocycles. The van der Waals surface area contributed by atoms with Gasteiger partial charge in [-0.25, -0.2) is 0 Å². The Labute approximate surface area is 154 Å². The molecule has 0 saturated carbocycles. The lowest BCUT2D eigenvalue weighted by Crippen LogP contribution is -2.20. The molecule has 1 atom stereocenters. The molecule has 0 spiro atoms. The van der Waals surface area contributed by atoms with E-state index in [1.165, 1.54) is 11.8 Å². The molecule has 0 aliphatic rings. The zero-order chi connectivity index (χ0) is 17.8. The summed E-state index contributed by atoms with van der Waals surface area (Å²) in [6.07, 6.45) is 1.22. The van der Waals surface area contributed by atoms with Gasteiger partial charge in [-0.3, -0.25) is 0 Å². The number of hydrogen-bond acceptors (Lipinski definition) is 6. The molecule has 0 aliphatic heterocycles. The lowest BCUT2D eigenvalue weighted by Gasteiger charge is -2.10. The van der Waals surface area contributed by atoms with E-state index in [0.29, 0.717) is 16.9 Å². The maximum absolute atomic E-state index is 10.1. The first kappa shape index (κ1) is 16.7. The zero-order valence-corrected chi connectivity index (χ0v) is 14.6. The molecule has 6 nitrogen and oxygen atoms in total. The molecule has 0 fully saturated rings. The Morgan fingerprint density at radius 1 is 1.08 bits per heavy atom. The molecule has 4 rings (SSSR count). The molecule has 4 aromatic rings. The highest BCUT2D eigenvalue weighted by Crippen LogP contribution is 2.29. The number of para-hydroxylation sites is 2. The van der Waals surface area contributed by atoms with Crippen LogP contribution >= 0.6 is 11.8 Å². The predicted octanol–water partition coefficient (Wildman–Crippen LogP) is 3.75. The van der Waals surface area contributed by atoms with Crippen molar-refractivity contribution in [1.29, 1.82) is 0 Å². The maximum atomic E-state index is 10.1. The highest BCUT2D eigenvalue weighted by Gasteiger charge is 2.15. The fourth-order valence-electron chi connectivity index (χ4n) is 2.55. The highest BCUT2D eigenvalue weighted by molar-refractivity contribution is 7.99. The summed E-state index contributed by atoms with van der Waals surface area (Å²) in [5.74, 6) is 1.60. The fraction of sp³-hybridized carbons (Fsp3) is 0.158. The van der Waals surface area contributed by atoms with Crippen molar-refractivity contribution in [3.63, 3.8) is 0 Å². The standard InChI is InChI=1S/C19H17N3O3S/c23-13(11-24-14-6-2-1-3-7-14)12-26-19-22-21-18(25-19)16-10-20-17-9-5-4-8-15(16)17/h1-10,13,20,23H,11-12H2/t13-/m0/s1. The van der Waals surface area contributed by atoms with E-state index in [9.17, 15) is 5.11 Å².